The summed E-state index contributed by atoms with van der Waals surface area (Å²) in [4.78, 5) is 35.4. The molecular weight excluding hydrogens is 355 g/mol. The van der Waals surface area contributed by atoms with E-state index in [9.17, 15) is 18.8 Å². The van der Waals surface area contributed by atoms with Gasteiger partial charge in [0.1, 0.15) is 0 Å². The number of hydrogen-bond acceptors (Lipinski definition) is 5. The van der Waals surface area contributed by atoms with Crippen LogP contribution in [-0.4, -0.2) is 37.7 Å². The van der Waals surface area contributed by atoms with Crippen LogP contribution in [0.2, 0.25) is 0 Å². The molecule has 148 valence electrons. The lowest BCUT2D eigenvalue weighted by molar-refractivity contribution is -0.147. The molecule has 1 fully saturated rings. The highest BCUT2D eigenvalue weighted by atomic mass is 19.1. The Bertz CT molecular complexity index is 695. The first-order chi connectivity index (χ1) is 12.9. The van der Waals surface area contributed by atoms with E-state index in [4.69, 9.17) is 9.47 Å². The molecule has 1 aliphatic carbocycles. The molecule has 1 aromatic carbocycles. The van der Waals surface area contributed by atoms with E-state index < -0.39 is 30.3 Å². The molecule has 0 radical (unpaired) electrons. The van der Waals surface area contributed by atoms with Gasteiger partial charge < -0.3 is 14.8 Å². The third kappa shape index (κ3) is 6.54. The topological polar surface area (TPSA) is 93.7 Å². The van der Waals surface area contributed by atoms with Crippen LogP contribution in [0.3, 0.4) is 0 Å². The summed E-state index contributed by atoms with van der Waals surface area (Å²) in [6, 6.07) is 3.55. The van der Waals surface area contributed by atoms with E-state index >= 15 is 0 Å². The molecule has 8 heteroatoms. The van der Waals surface area contributed by atoms with Crippen molar-refractivity contribution in [2.45, 2.75) is 45.1 Å². The molecule has 2 N–H and O–H groups in total. The third-order valence-corrected chi connectivity index (χ3v) is 4.61. The molecule has 0 aliphatic heterocycles. The van der Waals surface area contributed by atoms with E-state index in [0.29, 0.717) is 11.5 Å². The first-order valence-corrected chi connectivity index (χ1v) is 8.97. The molecule has 2 atom stereocenters. The van der Waals surface area contributed by atoms with E-state index in [1.807, 2.05) is 0 Å². The molecule has 0 bridgehead atoms. The van der Waals surface area contributed by atoms with Gasteiger partial charge in [-0.3, -0.25) is 14.9 Å². The fourth-order valence-corrected chi connectivity index (χ4v) is 3.08. The number of halogens is 1. The highest BCUT2D eigenvalue weighted by Crippen LogP contribution is 2.23. The SMILES string of the molecule is COc1ccc(CC(=O)OCC(=O)NC(=O)N[C@@H]2CCCC[C@@H]2C)cc1F. The Morgan fingerprint density at radius 3 is 2.63 bits per heavy atom. The van der Waals surface area contributed by atoms with Crippen molar-refractivity contribution in [3.63, 3.8) is 0 Å². The molecule has 27 heavy (non-hydrogen) atoms. The first-order valence-electron chi connectivity index (χ1n) is 8.97. The van der Waals surface area contributed by atoms with Gasteiger partial charge in [-0.05, 0) is 36.5 Å². The maximum absolute atomic E-state index is 13.6. The lowest BCUT2D eigenvalue weighted by Gasteiger charge is -2.29. The maximum Gasteiger partial charge on any atom is 0.321 e. The predicted molar refractivity (Wildman–Crippen MR) is 95.7 cm³/mol. The normalized spacial score (nSPS) is 19.1. The summed E-state index contributed by atoms with van der Waals surface area (Å²) in [6.45, 7) is 1.49. The van der Waals surface area contributed by atoms with Gasteiger partial charge in [0.05, 0.1) is 13.5 Å². The number of nitrogens with one attached hydrogen (secondary N) is 2. The molecule has 0 heterocycles. The highest BCUT2D eigenvalue weighted by Gasteiger charge is 2.23. The number of benzene rings is 1. The number of urea groups is 1. The number of esters is 1. The Morgan fingerprint density at radius 2 is 1.96 bits per heavy atom. The fraction of sp³-hybridized carbons (Fsp3) is 0.526. The number of methoxy groups -OCH3 is 1. The minimum absolute atomic E-state index is 0.0408. The Balaban J connectivity index is 1.72. The Morgan fingerprint density at radius 1 is 1.22 bits per heavy atom. The van der Waals surface area contributed by atoms with Crippen LogP contribution in [0.25, 0.3) is 0 Å². The smallest absolute Gasteiger partial charge is 0.321 e. The summed E-state index contributed by atoms with van der Waals surface area (Å²) in [5.74, 6) is -1.57. The summed E-state index contributed by atoms with van der Waals surface area (Å²) in [7, 11) is 1.34. The van der Waals surface area contributed by atoms with Gasteiger partial charge in [0, 0.05) is 6.04 Å². The number of rotatable bonds is 6. The zero-order chi connectivity index (χ0) is 19.8. The van der Waals surface area contributed by atoms with E-state index in [1.165, 1.54) is 25.3 Å². The lowest BCUT2D eigenvalue weighted by atomic mass is 9.86. The molecule has 0 saturated heterocycles. The number of carbonyl (C=O) groups excluding carboxylic acids is 3. The van der Waals surface area contributed by atoms with Crippen LogP contribution in [0.1, 0.15) is 38.2 Å². The van der Waals surface area contributed by atoms with Crippen molar-refractivity contribution in [1.82, 2.24) is 10.6 Å². The fourth-order valence-electron chi connectivity index (χ4n) is 3.08. The summed E-state index contributed by atoms with van der Waals surface area (Å²) < 4.78 is 23.2. The van der Waals surface area contributed by atoms with Gasteiger partial charge in [-0.2, -0.15) is 0 Å². The van der Waals surface area contributed by atoms with Gasteiger partial charge in [0.25, 0.3) is 5.91 Å². The second-order valence-electron chi connectivity index (χ2n) is 6.70. The predicted octanol–water partition coefficient (Wildman–Crippen LogP) is 2.32. The second-order valence-corrected chi connectivity index (χ2v) is 6.70. The molecule has 0 unspecified atom stereocenters. The summed E-state index contributed by atoms with van der Waals surface area (Å²) >= 11 is 0. The first kappa shape index (κ1) is 20.7. The van der Waals surface area contributed by atoms with Crippen LogP contribution in [0.4, 0.5) is 9.18 Å². The minimum atomic E-state index is -0.717. The summed E-state index contributed by atoms with van der Waals surface area (Å²) in [6.07, 6.45) is 3.93. The highest BCUT2D eigenvalue weighted by molar-refractivity contribution is 5.95. The van der Waals surface area contributed by atoms with Gasteiger partial charge in [0.15, 0.2) is 18.2 Å². The van der Waals surface area contributed by atoms with Crippen LogP contribution in [0.15, 0.2) is 18.2 Å². The monoisotopic (exact) mass is 380 g/mol. The largest absolute Gasteiger partial charge is 0.494 e. The Kier molecular flexibility index (Phi) is 7.57. The quantitative estimate of drug-likeness (QED) is 0.739. The Labute approximate surface area is 157 Å². The third-order valence-electron chi connectivity index (χ3n) is 4.61. The van der Waals surface area contributed by atoms with E-state index in [1.54, 1.807) is 0 Å². The molecular formula is C19H25FN2O5. The standard InChI is InChI=1S/C19H25FN2O5/c1-12-5-3-4-6-15(12)21-19(25)22-17(23)11-27-18(24)10-13-7-8-16(26-2)14(20)9-13/h7-9,12,15H,3-6,10-11H2,1-2H3,(H2,21,22,23,25)/t12-,15+/m0/s1. The van der Waals surface area contributed by atoms with Gasteiger partial charge in [-0.15, -0.1) is 0 Å². The number of carbonyl (C=O) groups is 3. The average molecular weight is 380 g/mol. The summed E-state index contributed by atoms with van der Waals surface area (Å²) in [5, 5.41) is 4.93. The molecule has 3 amide bonds. The van der Waals surface area contributed by atoms with Crippen molar-refractivity contribution in [1.29, 1.82) is 0 Å². The molecule has 1 aromatic rings. The van der Waals surface area contributed by atoms with Gasteiger partial charge in [-0.25, -0.2) is 9.18 Å². The van der Waals surface area contributed by atoms with Crippen LogP contribution in [0, 0.1) is 11.7 Å². The summed E-state index contributed by atoms with van der Waals surface area (Å²) in [5.41, 5.74) is 0.391. The van der Waals surface area contributed by atoms with Crippen molar-refractivity contribution in [2.75, 3.05) is 13.7 Å². The van der Waals surface area contributed by atoms with Crippen molar-refractivity contribution in [3.8, 4) is 5.75 Å². The number of hydrogen-bond donors (Lipinski definition) is 2. The van der Waals surface area contributed by atoms with Crippen molar-refractivity contribution in [2.24, 2.45) is 5.92 Å². The van der Waals surface area contributed by atoms with Gasteiger partial charge in [-0.1, -0.05) is 25.8 Å². The zero-order valence-electron chi connectivity index (χ0n) is 15.5. The number of amides is 3. The zero-order valence-corrected chi connectivity index (χ0v) is 15.5. The average Bonchev–Trinajstić information content (AvgIpc) is 2.62. The van der Waals surface area contributed by atoms with E-state index in [0.717, 1.165) is 25.7 Å². The van der Waals surface area contributed by atoms with Crippen molar-refractivity contribution >= 4 is 17.9 Å². The van der Waals surface area contributed by atoms with E-state index in [-0.39, 0.29) is 18.2 Å². The molecule has 2 rings (SSSR count). The van der Waals surface area contributed by atoms with Gasteiger partial charge in [0.2, 0.25) is 0 Å². The van der Waals surface area contributed by atoms with Crippen LogP contribution in [0.5, 0.6) is 5.75 Å². The van der Waals surface area contributed by atoms with E-state index in [2.05, 4.69) is 17.6 Å². The van der Waals surface area contributed by atoms with Crippen LogP contribution >= 0.6 is 0 Å². The van der Waals surface area contributed by atoms with Crippen LogP contribution in [-0.2, 0) is 20.7 Å². The van der Waals surface area contributed by atoms with Crippen molar-refractivity contribution in [3.05, 3.63) is 29.6 Å². The molecule has 0 aromatic heterocycles. The minimum Gasteiger partial charge on any atom is -0.494 e. The number of imide groups is 1. The lowest BCUT2D eigenvalue weighted by Crippen LogP contribution is -2.48. The second kappa shape index (κ2) is 9.89. The molecule has 0 spiro atoms. The van der Waals surface area contributed by atoms with Crippen LogP contribution < -0.4 is 15.4 Å². The number of ether oxygens (including phenoxy) is 2. The molecule has 1 aliphatic rings. The Hall–Kier alpha value is -2.64. The molecule has 7 nitrogen and oxygen atoms in total. The van der Waals surface area contributed by atoms with Gasteiger partial charge >= 0.3 is 12.0 Å². The van der Waals surface area contributed by atoms with Crippen molar-refractivity contribution < 1.29 is 28.2 Å². The molecule has 1 saturated carbocycles. The maximum atomic E-state index is 13.6.